The summed E-state index contributed by atoms with van der Waals surface area (Å²) in [5.41, 5.74) is 2.06. The Morgan fingerprint density at radius 1 is 1.20 bits per heavy atom. The van der Waals surface area contributed by atoms with E-state index in [1.54, 1.807) is 7.11 Å². The van der Waals surface area contributed by atoms with E-state index < -0.39 is 0 Å². The van der Waals surface area contributed by atoms with E-state index in [9.17, 15) is 5.11 Å². The summed E-state index contributed by atoms with van der Waals surface area (Å²) in [5, 5.41) is 13.3. The minimum Gasteiger partial charge on any atom is -0.506 e. The van der Waals surface area contributed by atoms with Crippen LogP contribution in [0, 0.1) is 0 Å². The van der Waals surface area contributed by atoms with E-state index in [-0.39, 0.29) is 6.04 Å². The van der Waals surface area contributed by atoms with Gasteiger partial charge in [0.1, 0.15) is 11.5 Å². The molecule has 0 spiro atoms. The summed E-state index contributed by atoms with van der Waals surface area (Å²) < 4.78 is 5.87. The zero-order chi connectivity index (χ0) is 14.5. The van der Waals surface area contributed by atoms with Crippen molar-refractivity contribution in [1.29, 1.82) is 0 Å². The quantitative estimate of drug-likeness (QED) is 0.867. The third-order valence-corrected chi connectivity index (χ3v) is 3.92. The molecule has 3 nitrogen and oxygen atoms in total. The van der Waals surface area contributed by atoms with Gasteiger partial charge in [0.15, 0.2) is 0 Å². The lowest BCUT2D eigenvalue weighted by Crippen LogP contribution is -2.18. The fraction of sp³-hybridized carbons (Fsp3) is 0.250. The predicted molar refractivity (Wildman–Crippen MR) is 84.1 cm³/mol. The number of methoxy groups -OCH3 is 1. The largest absolute Gasteiger partial charge is 0.506 e. The summed E-state index contributed by atoms with van der Waals surface area (Å²) >= 11 is 3.32. The number of phenols is 1. The van der Waals surface area contributed by atoms with Crippen LogP contribution in [0.4, 0.5) is 0 Å². The summed E-state index contributed by atoms with van der Waals surface area (Å²) in [6.45, 7) is 2.70. The van der Waals surface area contributed by atoms with E-state index in [0.717, 1.165) is 11.3 Å². The van der Waals surface area contributed by atoms with Gasteiger partial charge in [-0.2, -0.15) is 0 Å². The van der Waals surface area contributed by atoms with Crippen LogP contribution < -0.4 is 10.1 Å². The number of rotatable bonds is 5. The minimum absolute atomic E-state index is 0.194. The van der Waals surface area contributed by atoms with Crippen molar-refractivity contribution in [2.24, 2.45) is 0 Å². The van der Waals surface area contributed by atoms with Crippen molar-refractivity contribution in [3.05, 3.63) is 58.1 Å². The van der Waals surface area contributed by atoms with Crippen molar-refractivity contribution in [1.82, 2.24) is 5.32 Å². The fourth-order valence-corrected chi connectivity index (χ4v) is 2.38. The zero-order valence-electron chi connectivity index (χ0n) is 11.6. The van der Waals surface area contributed by atoms with Crippen molar-refractivity contribution in [3.63, 3.8) is 0 Å². The van der Waals surface area contributed by atoms with Crippen LogP contribution in [0.15, 0.2) is 46.9 Å². The third kappa shape index (κ3) is 3.52. The average molecular weight is 336 g/mol. The lowest BCUT2D eigenvalue weighted by Gasteiger charge is -2.15. The molecule has 0 heterocycles. The van der Waals surface area contributed by atoms with Crippen LogP contribution in [-0.2, 0) is 6.54 Å². The molecule has 1 atom stereocenters. The van der Waals surface area contributed by atoms with Crippen molar-refractivity contribution < 1.29 is 9.84 Å². The molecule has 0 saturated heterocycles. The maximum atomic E-state index is 9.95. The topological polar surface area (TPSA) is 41.5 Å². The van der Waals surface area contributed by atoms with Crippen LogP contribution >= 0.6 is 15.9 Å². The summed E-state index contributed by atoms with van der Waals surface area (Å²) in [7, 11) is 1.66. The molecule has 0 aromatic heterocycles. The molecule has 2 N–H and O–H groups in total. The Bertz CT molecular complexity index is 569. The molecule has 0 saturated carbocycles. The summed E-state index contributed by atoms with van der Waals surface area (Å²) in [5.74, 6) is 1.15. The van der Waals surface area contributed by atoms with Gasteiger partial charge in [-0.15, -0.1) is 0 Å². The Balaban J connectivity index is 2.00. The van der Waals surface area contributed by atoms with Crippen LogP contribution in [-0.4, -0.2) is 12.2 Å². The second kappa shape index (κ2) is 6.77. The number of para-hydroxylation sites is 1. The normalized spacial score (nSPS) is 12.2. The molecule has 0 aliphatic heterocycles. The van der Waals surface area contributed by atoms with Crippen LogP contribution in [0.3, 0.4) is 0 Å². The molecule has 0 aliphatic rings. The third-order valence-electron chi connectivity index (χ3n) is 3.28. The number of phenolic OH excluding ortho intramolecular Hbond substituents is 1. The summed E-state index contributed by atoms with van der Waals surface area (Å²) in [6, 6.07) is 13.8. The molecule has 0 radical (unpaired) electrons. The van der Waals surface area contributed by atoms with Crippen molar-refractivity contribution >= 4 is 15.9 Å². The van der Waals surface area contributed by atoms with Crippen molar-refractivity contribution in [3.8, 4) is 11.5 Å². The van der Waals surface area contributed by atoms with E-state index in [1.165, 1.54) is 5.56 Å². The highest BCUT2D eigenvalue weighted by molar-refractivity contribution is 9.10. The maximum absolute atomic E-state index is 9.95. The van der Waals surface area contributed by atoms with Gasteiger partial charge in [-0.05, 0) is 46.6 Å². The summed E-state index contributed by atoms with van der Waals surface area (Å²) in [4.78, 5) is 0. The van der Waals surface area contributed by atoms with Gasteiger partial charge in [-0.3, -0.25) is 0 Å². The Morgan fingerprint density at radius 2 is 1.90 bits per heavy atom. The Kier molecular flexibility index (Phi) is 5.04. The summed E-state index contributed by atoms with van der Waals surface area (Å²) in [6.07, 6.45) is 0. The highest BCUT2D eigenvalue weighted by Gasteiger charge is 2.08. The predicted octanol–water partition coefficient (Wildman–Crippen LogP) is 4.01. The van der Waals surface area contributed by atoms with Crippen molar-refractivity contribution in [2.75, 3.05) is 7.11 Å². The number of hydrogen-bond donors (Lipinski definition) is 2. The molecule has 0 aliphatic carbocycles. The van der Waals surface area contributed by atoms with E-state index in [2.05, 4.69) is 28.2 Å². The molecular weight excluding hydrogens is 318 g/mol. The first-order chi connectivity index (χ1) is 9.61. The lowest BCUT2D eigenvalue weighted by atomic mass is 10.1. The van der Waals surface area contributed by atoms with Gasteiger partial charge in [0.05, 0.1) is 11.6 Å². The molecule has 4 heteroatoms. The molecule has 106 valence electrons. The molecular formula is C16H18BrNO2. The number of benzene rings is 2. The number of hydrogen-bond acceptors (Lipinski definition) is 3. The Morgan fingerprint density at radius 3 is 2.55 bits per heavy atom. The minimum atomic E-state index is 0.194. The second-order valence-corrected chi connectivity index (χ2v) is 5.48. The molecule has 1 unspecified atom stereocenters. The molecule has 0 bridgehead atoms. The fourth-order valence-electron chi connectivity index (χ4n) is 1.98. The molecule has 0 fully saturated rings. The maximum Gasteiger partial charge on any atom is 0.134 e. The lowest BCUT2D eigenvalue weighted by molar-refractivity contribution is 0.414. The van der Waals surface area contributed by atoms with Crippen LogP contribution in [0.2, 0.25) is 0 Å². The molecule has 0 amide bonds. The van der Waals surface area contributed by atoms with E-state index >= 15 is 0 Å². The highest BCUT2D eigenvalue weighted by atomic mass is 79.9. The highest BCUT2D eigenvalue weighted by Crippen LogP contribution is 2.27. The van der Waals surface area contributed by atoms with Gasteiger partial charge in [0.25, 0.3) is 0 Å². The first kappa shape index (κ1) is 14.9. The number of ether oxygens (including phenoxy) is 1. The van der Waals surface area contributed by atoms with Gasteiger partial charge in [0, 0.05) is 18.2 Å². The number of aromatic hydroxyl groups is 1. The van der Waals surface area contributed by atoms with E-state index in [4.69, 9.17) is 4.74 Å². The first-order valence-corrected chi connectivity index (χ1v) is 7.25. The Labute approximate surface area is 127 Å². The van der Waals surface area contributed by atoms with Gasteiger partial charge in [0.2, 0.25) is 0 Å². The van der Waals surface area contributed by atoms with E-state index in [0.29, 0.717) is 16.8 Å². The second-order valence-electron chi connectivity index (χ2n) is 4.62. The standard InChI is InChI=1S/C16H18BrNO2/c1-11(12-6-8-14(20-2)9-7-12)18-10-13-4-3-5-15(17)16(13)19/h3-9,11,18-19H,10H2,1-2H3. The SMILES string of the molecule is COc1ccc(C(C)NCc2cccc(Br)c2O)cc1. The van der Waals surface area contributed by atoms with Gasteiger partial charge >= 0.3 is 0 Å². The molecule has 2 aromatic rings. The van der Waals surface area contributed by atoms with Crippen LogP contribution in [0.5, 0.6) is 11.5 Å². The first-order valence-electron chi connectivity index (χ1n) is 6.45. The van der Waals surface area contributed by atoms with Crippen molar-refractivity contribution in [2.45, 2.75) is 19.5 Å². The van der Waals surface area contributed by atoms with Crippen LogP contribution in [0.25, 0.3) is 0 Å². The van der Waals surface area contributed by atoms with Gasteiger partial charge in [-0.25, -0.2) is 0 Å². The molecule has 20 heavy (non-hydrogen) atoms. The average Bonchev–Trinajstić information content (AvgIpc) is 2.48. The monoisotopic (exact) mass is 335 g/mol. The van der Waals surface area contributed by atoms with Crippen LogP contribution in [0.1, 0.15) is 24.1 Å². The van der Waals surface area contributed by atoms with Gasteiger partial charge < -0.3 is 15.2 Å². The number of nitrogens with one attached hydrogen (secondary N) is 1. The Hall–Kier alpha value is -1.52. The van der Waals surface area contributed by atoms with E-state index in [1.807, 2.05) is 42.5 Å². The molecule has 2 aromatic carbocycles. The smallest absolute Gasteiger partial charge is 0.134 e. The zero-order valence-corrected chi connectivity index (χ0v) is 13.1. The number of halogens is 1. The van der Waals surface area contributed by atoms with Gasteiger partial charge in [-0.1, -0.05) is 24.3 Å². The molecule has 2 rings (SSSR count).